The second-order valence-corrected chi connectivity index (χ2v) is 4.32. The monoisotopic (exact) mass is 281 g/mol. The predicted molar refractivity (Wildman–Crippen MR) is 66.0 cm³/mol. The van der Waals surface area contributed by atoms with Crippen LogP contribution in [-0.4, -0.2) is 31.8 Å². The number of nitrogens with one attached hydrogen (secondary N) is 1. The highest BCUT2D eigenvalue weighted by Crippen LogP contribution is 2.22. The molecule has 0 saturated heterocycles. The Balaban J connectivity index is 2.73. The van der Waals surface area contributed by atoms with Crippen LogP contribution in [0.1, 0.15) is 12.1 Å². The molecular formula is C11H15ClF3N3. The Labute approximate surface area is 109 Å². The minimum absolute atomic E-state index is 0.128. The maximum atomic E-state index is 12.1. The summed E-state index contributed by atoms with van der Waals surface area (Å²) in [4.78, 5) is 5.69. The average Bonchev–Trinajstić information content (AvgIpc) is 2.28. The normalized spacial score (nSPS) is 11.7. The SMILES string of the molecule is CNCc1nc(N(C)CCC(F)(F)F)ccc1Cl. The first-order chi connectivity index (χ1) is 8.33. The summed E-state index contributed by atoms with van der Waals surface area (Å²) in [5.74, 6) is 0.480. The molecule has 7 heteroatoms. The van der Waals surface area contributed by atoms with Crippen molar-refractivity contribution in [2.75, 3.05) is 25.5 Å². The van der Waals surface area contributed by atoms with Crippen LogP contribution in [0.5, 0.6) is 0 Å². The quantitative estimate of drug-likeness (QED) is 0.899. The molecule has 0 atom stereocenters. The third-order valence-corrected chi connectivity index (χ3v) is 2.71. The fraction of sp³-hybridized carbons (Fsp3) is 0.545. The van der Waals surface area contributed by atoms with E-state index in [9.17, 15) is 13.2 Å². The van der Waals surface area contributed by atoms with Gasteiger partial charge in [0.15, 0.2) is 0 Å². The number of hydrogen-bond donors (Lipinski definition) is 1. The predicted octanol–water partition coefficient (Wildman–Crippen LogP) is 2.84. The van der Waals surface area contributed by atoms with E-state index in [4.69, 9.17) is 11.6 Å². The van der Waals surface area contributed by atoms with Gasteiger partial charge < -0.3 is 10.2 Å². The van der Waals surface area contributed by atoms with Crippen LogP contribution < -0.4 is 10.2 Å². The van der Waals surface area contributed by atoms with E-state index in [1.165, 1.54) is 4.90 Å². The average molecular weight is 282 g/mol. The van der Waals surface area contributed by atoms with Crippen molar-refractivity contribution in [3.05, 3.63) is 22.8 Å². The van der Waals surface area contributed by atoms with Crippen molar-refractivity contribution in [3.63, 3.8) is 0 Å². The highest BCUT2D eigenvalue weighted by molar-refractivity contribution is 6.31. The first-order valence-electron chi connectivity index (χ1n) is 5.41. The lowest BCUT2D eigenvalue weighted by Crippen LogP contribution is -2.25. The van der Waals surface area contributed by atoms with Gasteiger partial charge in [0.05, 0.1) is 17.1 Å². The fourth-order valence-corrected chi connectivity index (χ4v) is 1.56. The molecule has 0 aliphatic rings. The fourth-order valence-electron chi connectivity index (χ4n) is 1.39. The van der Waals surface area contributed by atoms with Crippen LogP contribution in [0.2, 0.25) is 5.02 Å². The van der Waals surface area contributed by atoms with Gasteiger partial charge in [0.25, 0.3) is 0 Å². The van der Waals surface area contributed by atoms with E-state index in [2.05, 4.69) is 10.3 Å². The van der Waals surface area contributed by atoms with Crippen molar-refractivity contribution in [1.29, 1.82) is 0 Å². The number of aromatic nitrogens is 1. The van der Waals surface area contributed by atoms with Crippen molar-refractivity contribution < 1.29 is 13.2 Å². The van der Waals surface area contributed by atoms with E-state index < -0.39 is 12.6 Å². The second kappa shape index (κ2) is 6.24. The van der Waals surface area contributed by atoms with E-state index in [-0.39, 0.29) is 6.54 Å². The van der Waals surface area contributed by atoms with Crippen LogP contribution in [0.15, 0.2) is 12.1 Å². The first-order valence-corrected chi connectivity index (χ1v) is 5.79. The number of hydrogen-bond acceptors (Lipinski definition) is 3. The third-order valence-electron chi connectivity index (χ3n) is 2.37. The van der Waals surface area contributed by atoms with Crippen LogP contribution in [0.25, 0.3) is 0 Å². The molecular weight excluding hydrogens is 267 g/mol. The van der Waals surface area contributed by atoms with Gasteiger partial charge in [0.1, 0.15) is 5.82 Å². The zero-order valence-corrected chi connectivity index (χ0v) is 10.9. The highest BCUT2D eigenvalue weighted by Gasteiger charge is 2.27. The van der Waals surface area contributed by atoms with Gasteiger partial charge in [-0.05, 0) is 19.2 Å². The molecule has 0 aromatic carbocycles. The van der Waals surface area contributed by atoms with E-state index in [1.54, 1.807) is 26.2 Å². The molecule has 1 aromatic rings. The number of alkyl halides is 3. The molecule has 18 heavy (non-hydrogen) atoms. The number of nitrogens with zero attached hydrogens (tertiary/aromatic N) is 2. The van der Waals surface area contributed by atoms with Crippen LogP contribution in [0.3, 0.4) is 0 Å². The van der Waals surface area contributed by atoms with Gasteiger partial charge in [0, 0.05) is 20.1 Å². The molecule has 1 aromatic heterocycles. The minimum Gasteiger partial charge on any atom is -0.359 e. The van der Waals surface area contributed by atoms with Crippen molar-refractivity contribution in [2.45, 2.75) is 19.1 Å². The molecule has 1 N–H and O–H groups in total. The van der Waals surface area contributed by atoms with Gasteiger partial charge in [-0.25, -0.2) is 4.98 Å². The molecule has 1 heterocycles. The van der Waals surface area contributed by atoms with Crippen LogP contribution in [-0.2, 0) is 6.54 Å². The Kier molecular flexibility index (Phi) is 5.22. The first kappa shape index (κ1) is 15.0. The van der Waals surface area contributed by atoms with E-state index in [0.29, 0.717) is 23.1 Å². The molecule has 0 radical (unpaired) electrons. The zero-order valence-electron chi connectivity index (χ0n) is 10.2. The van der Waals surface area contributed by atoms with Crippen molar-refractivity contribution >= 4 is 17.4 Å². The Morgan fingerprint density at radius 1 is 1.39 bits per heavy atom. The van der Waals surface area contributed by atoms with Gasteiger partial charge in [-0.15, -0.1) is 0 Å². The summed E-state index contributed by atoms with van der Waals surface area (Å²) in [6, 6.07) is 3.25. The summed E-state index contributed by atoms with van der Waals surface area (Å²) in [5.41, 5.74) is 0.621. The summed E-state index contributed by atoms with van der Waals surface area (Å²) in [6.07, 6.45) is -5.02. The van der Waals surface area contributed by atoms with Crippen LogP contribution in [0.4, 0.5) is 19.0 Å². The Morgan fingerprint density at radius 3 is 2.61 bits per heavy atom. The van der Waals surface area contributed by atoms with Gasteiger partial charge in [-0.1, -0.05) is 11.6 Å². The number of halogens is 4. The summed E-state index contributed by atoms with van der Waals surface area (Å²) in [6.45, 7) is 0.344. The third kappa shape index (κ3) is 4.70. The number of pyridine rings is 1. The van der Waals surface area contributed by atoms with Crippen LogP contribution in [0, 0.1) is 0 Å². The lowest BCUT2D eigenvalue weighted by atomic mass is 10.3. The van der Waals surface area contributed by atoms with Gasteiger partial charge in [0.2, 0.25) is 0 Å². The van der Waals surface area contributed by atoms with Crippen molar-refractivity contribution in [1.82, 2.24) is 10.3 Å². The molecule has 0 spiro atoms. The molecule has 3 nitrogen and oxygen atoms in total. The second-order valence-electron chi connectivity index (χ2n) is 3.92. The molecule has 0 fully saturated rings. The topological polar surface area (TPSA) is 28.2 Å². The minimum atomic E-state index is -4.16. The molecule has 102 valence electrons. The lowest BCUT2D eigenvalue weighted by Gasteiger charge is -2.20. The zero-order chi connectivity index (χ0) is 13.8. The van der Waals surface area contributed by atoms with Gasteiger partial charge in [-0.3, -0.25) is 0 Å². The number of anilines is 1. The van der Waals surface area contributed by atoms with Gasteiger partial charge in [-0.2, -0.15) is 13.2 Å². The lowest BCUT2D eigenvalue weighted by molar-refractivity contribution is -0.132. The molecule has 0 saturated carbocycles. The molecule has 1 rings (SSSR count). The Bertz CT molecular complexity index is 396. The summed E-state index contributed by atoms with van der Waals surface area (Å²) < 4.78 is 36.4. The molecule has 0 aliphatic heterocycles. The maximum absolute atomic E-state index is 12.1. The van der Waals surface area contributed by atoms with E-state index in [1.807, 2.05) is 0 Å². The van der Waals surface area contributed by atoms with Crippen LogP contribution >= 0.6 is 11.6 Å². The highest BCUT2D eigenvalue weighted by atomic mass is 35.5. The molecule has 0 bridgehead atoms. The van der Waals surface area contributed by atoms with Gasteiger partial charge >= 0.3 is 6.18 Å². The van der Waals surface area contributed by atoms with Crippen molar-refractivity contribution in [3.8, 4) is 0 Å². The largest absolute Gasteiger partial charge is 0.390 e. The number of rotatable bonds is 5. The van der Waals surface area contributed by atoms with Crippen molar-refractivity contribution in [2.24, 2.45) is 0 Å². The summed E-state index contributed by atoms with van der Waals surface area (Å²) in [5, 5.41) is 3.40. The maximum Gasteiger partial charge on any atom is 0.390 e. The smallest absolute Gasteiger partial charge is 0.359 e. The molecule has 0 aliphatic carbocycles. The summed E-state index contributed by atoms with van der Waals surface area (Å²) in [7, 11) is 3.32. The Morgan fingerprint density at radius 2 is 2.06 bits per heavy atom. The van der Waals surface area contributed by atoms with E-state index in [0.717, 1.165) is 0 Å². The molecule has 0 unspecified atom stereocenters. The Hall–Kier alpha value is -1.01. The standard InChI is InChI=1S/C11H15ClF3N3/c1-16-7-9-8(12)3-4-10(17-9)18(2)6-5-11(13,14)15/h3-4,16H,5-7H2,1-2H3. The van der Waals surface area contributed by atoms with E-state index >= 15 is 0 Å². The summed E-state index contributed by atoms with van der Waals surface area (Å²) >= 11 is 5.93. The molecule has 0 amide bonds.